The zero-order chi connectivity index (χ0) is 19.5. The second-order valence-electron chi connectivity index (χ2n) is 7.75. The van der Waals surface area contributed by atoms with Crippen LogP contribution in [0.2, 0.25) is 5.02 Å². The predicted molar refractivity (Wildman–Crippen MR) is 117 cm³/mol. The van der Waals surface area contributed by atoms with Gasteiger partial charge >= 0.3 is 0 Å². The number of nitrogens with one attached hydrogen (secondary N) is 1. The van der Waals surface area contributed by atoms with Gasteiger partial charge in [0.1, 0.15) is 0 Å². The second kappa shape index (κ2) is 9.02. The summed E-state index contributed by atoms with van der Waals surface area (Å²) in [4.78, 5) is 21.1. The van der Waals surface area contributed by atoms with Crippen molar-refractivity contribution in [3.8, 4) is 0 Å². The molecule has 4 nitrogen and oxygen atoms in total. The third-order valence-corrected chi connectivity index (χ3v) is 7.36. The molecular formula is C22H28ClN3OS. The first-order valence-corrected chi connectivity index (χ1v) is 11.8. The number of aryl methyl sites for hydroxylation is 1. The molecule has 2 aliphatic rings. The molecular weight excluding hydrogens is 390 g/mol. The van der Waals surface area contributed by atoms with Gasteiger partial charge in [0.2, 0.25) is 5.91 Å². The molecule has 1 saturated heterocycles. The minimum atomic E-state index is 0.122. The summed E-state index contributed by atoms with van der Waals surface area (Å²) in [6.07, 6.45) is 6.88. The normalized spacial score (nSPS) is 19.7. The largest absolute Gasteiger partial charge is 0.354 e. The topological polar surface area (TPSA) is 45.2 Å². The van der Waals surface area contributed by atoms with Gasteiger partial charge in [0, 0.05) is 33.6 Å². The van der Waals surface area contributed by atoms with Gasteiger partial charge < -0.3 is 5.32 Å². The van der Waals surface area contributed by atoms with E-state index in [0.29, 0.717) is 16.8 Å². The molecule has 6 heteroatoms. The van der Waals surface area contributed by atoms with Gasteiger partial charge in [0.25, 0.3) is 0 Å². The second-order valence-corrected chi connectivity index (χ2v) is 9.17. The van der Waals surface area contributed by atoms with Crippen molar-refractivity contribution in [2.75, 3.05) is 25.4 Å². The number of likely N-dealkylation sites (tertiary alicyclic amines) is 1. The molecule has 1 fully saturated rings. The zero-order valence-electron chi connectivity index (χ0n) is 16.5. The molecule has 150 valence electrons. The maximum atomic E-state index is 12.5. The number of fused-ring (bicyclic) bond motifs is 2. The van der Waals surface area contributed by atoms with Crippen LogP contribution in [0, 0.1) is 0 Å². The lowest BCUT2D eigenvalue weighted by Gasteiger charge is -2.23. The average molecular weight is 418 g/mol. The van der Waals surface area contributed by atoms with Crippen molar-refractivity contribution in [1.82, 2.24) is 15.2 Å². The van der Waals surface area contributed by atoms with Gasteiger partial charge in [0.05, 0.1) is 11.3 Å². The van der Waals surface area contributed by atoms with E-state index >= 15 is 0 Å². The number of pyridine rings is 1. The molecule has 1 aliphatic carbocycles. The molecule has 2 heterocycles. The molecule has 0 bridgehead atoms. The first-order chi connectivity index (χ1) is 13.7. The molecule has 28 heavy (non-hydrogen) atoms. The first-order valence-electron chi connectivity index (χ1n) is 10.4. The van der Waals surface area contributed by atoms with Gasteiger partial charge in [-0.15, -0.1) is 11.8 Å². The van der Waals surface area contributed by atoms with Crippen LogP contribution in [-0.2, 0) is 17.6 Å². The number of carbonyl (C=O) groups is 1. The number of rotatable bonds is 6. The molecule has 2 aromatic rings. The highest BCUT2D eigenvalue weighted by Crippen LogP contribution is 2.36. The average Bonchev–Trinajstić information content (AvgIpc) is 3.17. The number of thioether (sulfide) groups is 1. The number of hydrogen-bond acceptors (Lipinski definition) is 4. The van der Waals surface area contributed by atoms with Gasteiger partial charge in [0.15, 0.2) is 0 Å². The minimum absolute atomic E-state index is 0.122. The minimum Gasteiger partial charge on any atom is -0.354 e. The van der Waals surface area contributed by atoms with Crippen LogP contribution in [0.4, 0.5) is 0 Å². The van der Waals surface area contributed by atoms with E-state index in [9.17, 15) is 4.79 Å². The monoisotopic (exact) mass is 417 g/mol. The van der Waals surface area contributed by atoms with Crippen molar-refractivity contribution in [2.24, 2.45) is 0 Å². The SMILES string of the molecule is CCN1CCC[C@H]1CNC(=O)CSc1c2c(nc3cc(Cl)ccc13)CCCC2. The van der Waals surface area contributed by atoms with Gasteiger partial charge in [-0.1, -0.05) is 24.6 Å². The number of carbonyl (C=O) groups excluding carboxylic acids is 1. The Bertz CT molecular complexity index is 872. The summed E-state index contributed by atoms with van der Waals surface area (Å²) in [7, 11) is 0. The number of benzene rings is 1. The Kier molecular flexibility index (Phi) is 6.44. The molecule has 1 aromatic heterocycles. The molecule has 1 amide bonds. The third-order valence-electron chi connectivity index (χ3n) is 5.96. The first kappa shape index (κ1) is 20.0. The van der Waals surface area contributed by atoms with Crippen molar-refractivity contribution in [2.45, 2.75) is 56.4 Å². The van der Waals surface area contributed by atoms with Crippen LogP contribution < -0.4 is 5.32 Å². The van der Waals surface area contributed by atoms with Crippen LogP contribution in [0.3, 0.4) is 0 Å². The fraction of sp³-hybridized carbons (Fsp3) is 0.545. The lowest BCUT2D eigenvalue weighted by atomic mass is 9.94. The highest BCUT2D eigenvalue weighted by Gasteiger charge is 2.23. The van der Waals surface area contributed by atoms with Crippen molar-refractivity contribution < 1.29 is 4.79 Å². The van der Waals surface area contributed by atoms with Crippen LogP contribution in [0.25, 0.3) is 10.9 Å². The number of aromatic nitrogens is 1. The number of amides is 1. The smallest absolute Gasteiger partial charge is 0.230 e. The van der Waals surface area contributed by atoms with E-state index in [1.54, 1.807) is 11.8 Å². The lowest BCUT2D eigenvalue weighted by molar-refractivity contribution is -0.118. The van der Waals surface area contributed by atoms with Gasteiger partial charge in [-0.25, -0.2) is 0 Å². The maximum absolute atomic E-state index is 12.5. The van der Waals surface area contributed by atoms with Crippen LogP contribution in [0.15, 0.2) is 23.1 Å². The van der Waals surface area contributed by atoms with E-state index in [1.807, 2.05) is 12.1 Å². The van der Waals surface area contributed by atoms with E-state index in [-0.39, 0.29) is 5.91 Å². The lowest BCUT2D eigenvalue weighted by Crippen LogP contribution is -2.40. The van der Waals surface area contributed by atoms with Gasteiger partial charge in [-0.05, 0) is 69.3 Å². The number of nitrogens with zero attached hydrogens (tertiary/aromatic N) is 2. The Morgan fingerprint density at radius 2 is 2.18 bits per heavy atom. The van der Waals surface area contributed by atoms with Crippen molar-refractivity contribution >= 4 is 40.2 Å². The van der Waals surface area contributed by atoms with Crippen LogP contribution in [-0.4, -0.2) is 47.2 Å². The van der Waals surface area contributed by atoms with Crippen LogP contribution in [0.1, 0.15) is 43.9 Å². The van der Waals surface area contributed by atoms with E-state index in [0.717, 1.165) is 43.4 Å². The summed E-state index contributed by atoms with van der Waals surface area (Å²) in [5.74, 6) is 0.573. The summed E-state index contributed by atoms with van der Waals surface area (Å²) >= 11 is 7.85. The summed E-state index contributed by atoms with van der Waals surface area (Å²) in [5.41, 5.74) is 3.47. The molecule has 1 aliphatic heterocycles. The van der Waals surface area contributed by atoms with Crippen molar-refractivity contribution in [3.63, 3.8) is 0 Å². The molecule has 0 radical (unpaired) electrons. The van der Waals surface area contributed by atoms with Crippen LogP contribution >= 0.6 is 23.4 Å². The fourth-order valence-corrected chi connectivity index (χ4v) is 5.75. The quantitative estimate of drug-likeness (QED) is 0.705. The Morgan fingerprint density at radius 1 is 1.32 bits per heavy atom. The van der Waals surface area contributed by atoms with Crippen LogP contribution in [0.5, 0.6) is 0 Å². The fourth-order valence-electron chi connectivity index (χ4n) is 4.48. The van der Waals surface area contributed by atoms with E-state index < -0.39 is 0 Å². The molecule has 1 atom stereocenters. The molecule has 1 aromatic carbocycles. The Morgan fingerprint density at radius 3 is 3.04 bits per heavy atom. The predicted octanol–water partition coefficient (Wildman–Crippen LogP) is 4.46. The Labute approximate surface area is 176 Å². The number of halogens is 1. The molecule has 1 N–H and O–H groups in total. The van der Waals surface area contributed by atoms with E-state index in [4.69, 9.17) is 16.6 Å². The zero-order valence-corrected chi connectivity index (χ0v) is 18.0. The number of hydrogen-bond donors (Lipinski definition) is 1. The van der Waals surface area contributed by atoms with Gasteiger partial charge in [-0.2, -0.15) is 0 Å². The summed E-state index contributed by atoms with van der Waals surface area (Å²) in [5, 5.41) is 4.99. The highest BCUT2D eigenvalue weighted by molar-refractivity contribution is 8.00. The number of likely N-dealkylation sites (N-methyl/N-ethyl adjacent to an activating group) is 1. The van der Waals surface area contributed by atoms with E-state index in [2.05, 4.69) is 23.2 Å². The van der Waals surface area contributed by atoms with E-state index in [1.165, 1.54) is 41.8 Å². The molecule has 0 saturated carbocycles. The summed E-state index contributed by atoms with van der Waals surface area (Å²) in [6.45, 7) is 5.18. The highest BCUT2D eigenvalue weighted by atomic mass is 35.5. The maximum Gasteiger partial charge on any atom is 0.230 e. The van der Waals surface area contributed by atoms with Crippen molar-refractivity contribution in [1.29, 1.82) is 0 Å². The molecule has 0 unspecified atom stereocenters. The summed E-state index contributed by atoms with van der Waals surface area (Å²) < 4.78 is 0. The third kappa shape index (κ3) is 4.32. The summed E-state index contributed by atoms with van der Waals surface area (Å²) in [6, 6.07) is 6.41. The Hall–Kier alpha value is -1.30. The van der Waals surface area contributed by atoms with Crippen molar-refractivity contribution in [3.05, 3.63) is 34.5 Å². The van der Waals surface area contributed by atoms with Gasteiger partial charge in [-0.3, -0.25) is 14.7 Å². The molecule has 4 rings (SSSR count). The standard InChI is InChI=1S/C22H28ClN3OS/c1-2-26-11-5-6-16(26)13-24-21(27)14-28-22-17-7-3-4-8-19(17)25-20-12-15(23)9-10-18(20)22/h9-10,12,16H,2-8,11,13-14H2,1H3,(H,24,27)/t16-/m0/s1. The molecule has 0 spiro atoms. The Balaban J connectivity index is 1.47.